The average molecular weight is 641 g/mol. The van der Waals surface area contributed by atoms with Crippen LogP contribution in [0, 0.1) is 11.6 Å². The molecule has 4 rings (SSSR count). The summed E-state index contributed by atoms with van der Waals surface area (Å²) in [7, 11) is -1.95. The number of benzene rings is 2. The van der Waals surface area contributed by atoms with Crippen LogP contribution in [0.25, 0.3) is 0 Å². The van der Waals surface area contributed by atoms with Gasteiger partial charge in [-0.15, -0.1) is 4.31 Å². The SMILES string of the molecule is CNC(=O)OC1CCN(c2cc(F)ccc2Nc2cc(F)c(S(=O)(=O)N(C(=O)OC(C)(C)C)c3ccn(C)n3)cc2Cl)C1. The van der Waals surface area contributed by atoms with E-state index in [0.717, 1.165) is 12.1 Å². The summed E-state index contributed by atoms with van der Waals surface area (Å²) in [6, 6.07) is 6.85. The monoisotopic (exact) mass is 640 g/mol. The first-order valence-corrected chi connectivity index (χ1v) is 14.9. The van der Waals surface area contributed by atoms with E-state index in [9.17, 15) is 22.4 Å². The zero-order chi connectivity index (χ0) is 31.7. The second-order valence-corrected chi connectivity index (χ2v) is 12.8. The molecule has 0 saturated carbocycles. The minimum absolute atomic E-state index is 0.0232. The van der Waals surface area contributed by atoms with E-state index >= 15 is 4.39 Å². The lowest BCUT2D eigenvalue weighted by Gasteiger charge is -2.26. The molecule has 232 valence electrons. The van der Waals surface area contributed by atoms with Gasteiger partial charge in [-0.3, -0.25) is 4.68 Å². The number of halogens is 3. The number of anilines is 4. The number of carbonyl (C=O) groups is 2. The molecule has 16 heteroatoms. The molecule has 0 radical (unpaired) electrons. The largest absolute Gasteiger partial charge is 0.444 e. The highest BCUT2D eigenvalue weighted by molar-refractivity contribution is 7.93. The molecule has 2 heterocycles. The highest BCUT2D eigenvalue weighted by Crippen LogP contribution is 2.37. The molecule has 1 aliphatic rings. The third-order valence-electron chi connectivity index (χ3n) is 6.20. The number of aryl methyl sites for hydroxylation is 1. The average Bonchev–Trinajstić information content (AvgIpc) is 3.54. The van der Waals surface area contributed by atoms with Crippen molar-refractivity contribution in [1.29, 1.82) is 0 Å². The lowest BCUT2D eigenvalue weighted by molar-refractivity contribution is 0.0607. The zero-order valence-corrected chi connectivity index (χ0v) is 25.6. The van der Waals surface area contributed by atoms with Gasteiger partial charge in [-0.25, -0.2) is 26.8 Å². The van der Waals surface area contributed by atoms with E-state index in [-0.39, 0.29) is 27.4 Å². The van der Waals surface area contributed by atoms with Gasteiger partial charge in [0.1, 0.15) is 28.2 Å². The molecule has 0 spiro atoms. The molecule has 1 saturated heterocycles. The second kappa shape index (κ2) is 12.2. The van der Waals surface area contributed by atoms with Crippen LogP contribution in [0.15, 0.2) is 47.5 Å². The van der Waals surface area contributed by atoms with Crippen LogP contribution in [0.3, 0.4) is 0 Å². The summed E-state index contributed by atoms with van der Waals surface area (Å²) < 4.78 is 69.3. The number of aromatic nitrogens is 2. The van der Waals surface area contributed by atoms with E-state index in [1.54, 1.807) is 25.7 Å². The summed E-state index contributed by atoms with van der Waals surface area (Å²) >= 11 is 6.44. The van der Waals surface area contributed by atoms with Crippen molar-refractivity contribution in [2.75, 3.05) is 34.7 Å². The predicted molar refractivity (Wildman–Crippen MR) is 156 cm³/mol. The molecule has 2 aromatic carbocycles. The Labute approximate surface area is 252 Å². The Balaban J connectivity index is 1.67. The van der Waals surface area contributed by atoms with Crippen LogP contribution >= 0.6 is 11.6 Å². The fraction of sp³-hybridized carbons (Fsp3) is 0.370. The number of amides is 2. The van der Waals surface area contributed by atoms with Crippen molar-refractivity contribution in [2.45, 2.75) is 43.8 Å². The molecule has 1 unspecified atom stereocenters. The molecule has 12 nitrogen and oxygen atoms in total. The van der Waals surface area contributed by atoms with Gasteiger partial charge in [0.2, 0.25) is 0 Å². The van der Waals surface area contributed by atoms with Gasteiger partial charge in [-0.2, -0.15) is 5.10 Å². The third kappa shape index (κ3) is 7.28. The third-order valence-corrected chi connectivity index (χ3v) is 8.20. The number of nitrogens with zero attached hydrogens (tertiary/aromatic N) is 4. The molecular weight excluding hydrogens is 610 g/mol. The van der Waals surface area contributed by atoms with Gasteiger partial charge < -0.3 is 25.0 Å². The van der Waals surface area contributed by atoms with Crippen LogP contribution in [-0.4, -0.2) is 62.2 Å². The minimum atomic E-state index is -4.91. The highest BCUT2D eigenvalue weighted by atomic mass is 35.5. The van der Waals surface area contributed by atoms with Gasteiger partial charge in [-0.05, 0) is 45.0 Å². The Hall–Kier alpha value is -4.11. The predicted octanol–water partition coefficient (Wildman–Crippen LogP) is 5.16. The number of rotatable bonds is 7. The molecule has 1 aliphatic heterocycles. The maximum absolute atomic E-state index is 15.6. The van der Waals surface area contributed by atoms with Crippen molar-refractivity contribution in [3.63, 3.8) is 0 Å². The van der Waals surface area contributed by atoms with Crippen LogP contribution in [0.1, 0.15) is 27.2 Å². The van der Waals surface area contributed by atoms with Gasteiger partial charge in [0.25, 0.3) is 10.0 Å². The normalized spacial score (nSPS) is 15.3. The van der Waals surface area contributed by atoms with Crippen molar-refractivity contribution in [3.05, 3.63) is 59.3 Å². The molecular formula is C27H31ClF2N6O6S. The van der Waals surface area contributed by atoms with Crippen LogP contribution in [0.5, 0.6) is 0 Å². The Morgan fingerprint density at radius 1 is 1.14 bits per heavy atom. The molecule has 2 amide bonds. The maximum Gasteiger partial charge on any atom is 0.430 e. The summed E-state index contributed by atoms with van der Waals surface area (Å²) in [5.74, 6) is -2.07. The van der Waals surface area contributed by atoms with Gasteiger partial charge in [0.05, 0.1) is 28.6 Å². The van der Waals surface area contributed by atoms with Crippen molar-refractivity contribution >= 4 is 56.7 Å². The number of sulfonamides is 1. The quantitative estimate of drug-likeness (QED) is 0.359. The fourth-order valence-electron chi connectivity index (χ4n) is 4.32. The summed E-state index contributed by atoms with van der Waals surface area (Å²) in [4.78, 5) is 25.5. The van der Waals surface area contributed by atoms with Crippen LogP contribution < -0.4 is 19.8 Å². The maximum atomic E-state index is 15.6. The lowest BCUT2D eigenvalue weighted by atomic mass is 10.2. The van der Waals surface area contributed by atoms with Crippen molar-refractivity contribution in [2.24, 2.45) is 7.05 Å². The van der Waals surface area contributed by atoms with Gasteiger partial charge in [-0.1, -0.05) is 11.6 Å². The first-order valence-electron chi connectivity index (χ1n) is 13.1. The summed E-state index contributed by atoms with van der Waals surface area (Å²) in [5, 5.41) is 9.10. The van der Waals surface area contributed by atoms with Crippen molar-refractivity contribution < 1.29 is 36.3 Å². The van der Waals surface area contributed by atoms with Crippen molar-refractivity contribution in [3.8, 4) is 0 Å². The van der Waals surface area contributed by atoms with E-state index < -0.39 is 50.4 Å². The van der Waals surface area contributed by atoms with Gasteiger partial charge in [0.15, 0.2) is 5.82 Å². The van der Waals surface area contributed by atoms with E-state index in [1.165, 1.54) is 49.2 Å². The molecule has 1 fully saturated rings. The van der Waals surface area contributed by atoms with Gasteiger partial charge >= 0.3 is 12.2 Å². The van der Waals surface area contributed by atoms with Crippen LogP contribution in [-0.2, 0) is 26.5 Å². The van der Waals surface area contributed by atoms with E-state index in [4.69, 9.17) is 21.1 Å². The number of ether oxygens (including phenoxy) is 2. The van der Waals surface area contributed by atoms with Crippen LogP contribution in [0.4, 0.5) is 41.2 Å². The Morgan fingerprint density at radius 3 is 2.49 bits per heavy atom. The summed E-state index contributed by atoms with van der Waals surface area (Å²) in [6.45, 7) is 5.36. The fourth-order valence-corrected chi connectivity index (χ4v) is 5.94. The smallest absolute Gasteiger partial charge is 0.430 e. The zero-order valence-electron chi connectivity index (χ0n) is 24.0. The van der Waals surface area contributed by atoms with E-state index in [0.29, 0.717) is 24.3 Å². The molecule has 2 N–H and O–H groups in total. The number of hydrogen-bond donors (Lipinski definition) is 2. The molecule has 1 atom stereocenters. The first kappa shape index (κ1) is 31.8. The summed E-state index contributed by atoms with van der Waals surface area (Å²) in [5.41, 5.74) is -0.365. The molecule has 0 bridgehead atoms. The van der Waals surface area contributed by atoms with E-state index in [1.807, 2.05) is 0 Å². The molecule has 3 aromatic rings. The number of hydrogen-bond acceptors (Lipinski definition) is 9. The molecule has 0 aliphatic carbocycles. The Morgan fingerprint density at radius 2 is 1.86 bits per heavy atom. The Bertz CT molecular complexity index is 1640. The van der Waals surface area contributed by atoms with Gasteiger partial charge in [0, 0.05) is 45.4 Å². The van der Waals surface area contributed by atoms with E-state index in [2.05, 4.69) is 15.7 Å². The number of nitrogens with one attached hydrogen (secondary N) is 2. The minimum Gasteiger partial charge on any atom is -0.444 e. The first-order chi connectivity index (χ1) is 20.1. The number of alkyl carbamates (subject to hydrolysis) is 1. The standard InChI is InChI=1S/C27H31ClF2N6O6S/c1-27(2,3)42-26(38)36(24-9-10-34(5)33-24)43(39,40)23-13-18(28)21(14-19(23)30)32-20-7-6-16(29)12-22(20)35-11-8-17(15-35)41-25(37)31-4/h6-7,9-10,12-14,17,32H,8,11,15H2,1-5H3,(H,31,37). The Kier molecular flexibility index (Phi) is 9.06. The number of carbonyl (C=O) groups excluding carboxylic acids is 2. The molecule has 1 aromatic heterocycles. The summed E-state index contributed by atoms with van der Waals surface area (Å²) in [6.07, 6.45) is -0.408. The molecule has 43 heavy (non-hydrogen) atoms. The lowest BCUT2D eigenvalue weighted by Crippen LogP contribution is -2.41. The second-order valence-electron chi connectivity index (χ2n) is 10.7. The van der Waals surface area contributed by atoms with Crippen molar-refractivity contribution in [1.82, 2.24) is 15.1 Å². The van der Waals surface area contributed by atoms with Crippen LogP contribution in [0.2, 0.25) is 5.02 Å². The topological polar surface area (TPSA) is 135 Å². The highest BCUT2D eigenvalue weighted by Gasteiger charge is 2.38.